The molecular weight excluding hydrogens is 735 g/mol. The van der Waals surface area contributed by atoms with Crippen LogP contribution in [0.3, 0.4) is 0 Å². The van der Waals surface area contributed by atoms with E-state index in [4.69, 9.17) is 15.0 Å². The molecule has 11 aromatic rings. The summed E-state index contributed by atoms with van der Waals surface area (Å²) in [7, 11) is 0. The van der Waals surface area contributed by atoms with Gasteiger partial charge in [0.25, 0.3) is 0 Å². The van der Waals surface area contributed by atoms with Crippen molar-refractivity contribution in [3.8, 4) is 78.7 Å². The van der Waals surface area contributed by atoms with E-state index >= 15 is 0 Å². The lowest BCUT2D eigenvalue weighted by Gasteiger charge is -2.14. The van der Waals surface area contributed by atoms with Crippen LogP contribution in [0.5, 0.6) is 0 Å². The van der Waals surface area contributed by atoms with Gasteiger partial charge in [0.1, 0.15) is 0 Å². The Morgan fingerprint density at radius 2 is 0.661 bits per heavy atom. The molecule has 0 atom stereocenters. The van der Waals surface area contributed by atoms with E-state index in [-0.39, 0.29) is 0 Å². The molecule has 0 aliphatic rings. The number of aromatic nitrogens is 3. The minimum Gasteiger partial charge on any atom is -0.208 e. The van der Waals surface area contributed by atoms with Crippen LogP contribution in [-0.4, -0.2) is 15.0 Å². The van der Waals surface area contributed by atoms with Crippen molar-refractivity contribution in [3.05, 3.63) is 212 Å². The molecule has 3 nitrogen and oxygen atoms in total. The first-order valence-corrected chi connectivity index (χ1v) is 20.7. The van der Waals surface area contributed by atoms with E-state index in [9.17, 15) is 0 Å². The second-order valence-corrected chi connectivity index (χ2v) is 15.8. The first-order chi connectivity index (χ1) is 29.2. The van der Waals surface area contributed by atoms with Crippen molar-refractivity contribution in [1.82, 2.24) is 15.0 Å². The van der Waals surface area contributed by atoms with Crippen LogP contribution in [0, 0.1) is 0 Å². The number of fused-ring (bicyclic) bond motifs is 4. The van der Waals surface area contributed by atoms with Gasteiger partial charge in [-0.25, -0.2) is 15.0 Å². The highest BCUT2D eigenvalue weighted by atomic mass is 32.1. The molecule has 9 aromatic carbocycles. The molecule has 0 amide bonds. The zero-order chi connectivity index (χ0) is 39.1. The van der Waals surface area contributed by atoms with Gasteiger partial charge in [0, 0.05) is 36.9 Å². The molecule has 276 valence electrons. The lowest BCUT2D eigenvalue weighted by atomic mass is 9.91. The van der Waals surface area contributed by atoms with Crippen LogP contribution in [0.2, 0.25) is 0 Å². The van der Waals surface area contributed by atoms with E-state index in [0.717, 1.165) is 38.9 Å². The third-order valence-corrected chi connectivity index (χ3v) is 12.4. The molecule has 0 radical (unpaired) electrons. The minimum atomic E-state index is 0.628. The number of hydrogen-bond acceptors (Lipinski definition) is 4. The predicted molar refractivity (Wildman–Crippen MR) is 248 cm³/mol. The lowest BCUT2D eigenvalue weighted by Crippen LogP contribution is -2.01. The van der Waals surface area contributed by atoms with E-state index < -0.39 is 0 Å². The largest absolute Gasteiger partial charge is 0.208 e. The molecule has 0 N–H and O–H groups in total. The molecular formula is C55H35N3S. The molecule has 0 unspecified atom stereocenters. The van der Waals surface area contributed by atoms with Gasteiger partial charge in [0.2, 0.25) is 0 Å². The normalized spacial score (nSPS) is 11.4. The highest BCUT2D eigenvalue weighted by Crippen LogP contribution is 2.41. The van der Waals surface area contributed by atoms with Crippen molar-refractivity contribution in [1.29, 1.82) is 0 Å². The van der Waals surface area contributed by atoms with Crippen LogP contribution in [0.1, 0.15) is 0 Å². The summed E-state index contributed by atoms with van der Waals surface area (Å²) in [5.41, 5.74) is 12.1. The third-order valence-electron chi connectivity index (χ3n) is 11.2. The number of benzene rings is 9. The van der Waals surface area contributed by atoms with Gasteiger partial charge >= 0.3 is 0 Å². The summed E-state index contributed by atoms with van der Waals surface area (Å²) in [4.78, 5) is 15.4. The second kappa shape index (κ2) is 14.8. The van der Waals surface area contributed by atoms with Gasteiger partial charge in [-0.15, -0.1) is 11.3 Å². The van der Waals surface area contributed by atoms with E-state index in [1.165, 1.54) is 53.2 Å². The Hall–Kier alpha value is -7.53. The van der Waals surface area contributed by atoms with Crippen LogP contribution in [0.25, 0.3) is 110 Å². The van der Waals surface area contributed by atoms with Crippen molar-refractivity contribution in [2.75, 3.05) is 0 Å². The van der Waals surface area contributed by atoms with Crippen LogP contribution < -0.4 is 0 Å². The standard InChI is InChI=1S/C55H35N3S/c1-3-13-36(14-4-1)37-23-27-40(28-24-37)53-56-54(58-55(57-53)49-21-10-7-17-43(49)38-15-5-2-6-16-38)41-29-25-39(26-30-41)44-32-33-45(47-19-9-8-18-46(44)47)42-31-34-52-50(35-42)48-20-11-12-22-51(48)59-52/h1-35H. The highest BCUT2D eigenvalue weighted by molar-refractivity contribution is 7.25. The molecule has 0 saturated carbocycles. The molecule has 0 aliphatic heterocycles. The fraction of sp³-hybridized carbons (Fsp3) is 0. The zero-order valence-corrected chi connectivity index (χ0v) is 32.8. The maximum absolute atomic E-state index is 5.16. The SMILES string of the molecule is c1ccc(-c2ccc(-c3nc(-c4ccc(-c5ccc(-c6ccc7sc8ccccc8c7c6)c6ccccc56)cc4)nc(-c4ccccc4-c4ccccc4)n3)cc2)cc1. The van der Waals surface area contributed by atoms with Gasteiger partial charge in [-0.2, -0.15) is 0 Å². The number of thiophene rings is 1. The van der Waals surface area contributed by atoms with E-state index in [0.29, 0.717) is 17.5 Å². The van der Waals surface area contributed by atoms with Crippen molar-refractivity contribution in [2.45, 2.75) is 0 Å². The summed E-state index contributed by atoms with van der Waals surface area (Å²) < 4.78 is 2.64. The van der Waals surface area contributed by atoms with Crippen molar-refractivity contribution in [3.63, 3.8) is 0 Å². The molecule has 4 heteroatoms. The van der Waals surface area contributed by atoms with Gasteiger partial charge < -0.3 is 0 Å². The van der Waals surface area contributed by atoms with Crippen LogP contribution in [-0.2, 0) is 0 Å². The number of hydrogen-bond donors (Lipinski definition) is 0. The van der Waals surface area contributed by atoms with Crippen molar-refractivity contribution >= 4 is 42.3 Å². The first-order valence-electron chi connectivity index (χ1n) is 19.8. The van der Waals surface area contributed by atoms with E-state index in [1.54, 1.807) is 0 Å². The average Bonchev–Trinajstić information content (AvgIpc) is 3.70. The van der Waals surface area contributed by atoms with Gasteiger partial charge in [-0.3, -0.25) is 0 Å². The van der Waals surface area contributed by atoms with Crippen LogP contribution in [0.4, 0.5) is 0 Å². The first kappa shape index (κ1) is 34.7. The molecule has 2 aromatic heterocycles. The monoisotopic (exact) mass is 769 g/mol. The number of rotatable bonds is 7. The third kappa shape index (κ3) is 6.46. The van der Waals surface area contributed by atoms with Crippen molar-refractivity contribution < 1.29 is 0 Å². The Bertz CT molecular complexity index is 3300. The fourth-order valence-corrected chi connectivity index (χ4v) is 9.33. The molecule has 0 saturated heterocycles. The Morgan fingerprint density at radius 3 is 1.32 bits per heavy atom. The highest BCUT2D eigenvalue weighted by Gasteiger charge is 2.17. The van der Waals surface area contributed by atoms with E-state index in [2.05, 4.69) is 194 Å². The lowest BCUT2D eigenvalue weighted by molar-refractivity contribution is 1.07. The molecule has 0 spiro atoms. The van der Waals surface area contributed by atoms with Gasteiger partial charge in [0.15, 0.2) is 17.5 Å². The molecule has 0 bridgehead atoms. The Balaban J connectivity index is 0.993. The topological polar surface area (TPSA) is 38.7 Å². The predicted octanol–water partition coefficient (Wildman–Crippen LogP) is 15.1. The summed E-state index contributed by atoms with van der Waals surface area (Å²) >= 11 is 1.85. The Kier molecular flexibility index (Phi) is 8.68. The molecule has 0 aliphatic carbocycles. The summed E-state index contributed by atoms with van der Waals surface area (Å²) in [5.74, 6) is 1.89. The van der Waals surface area contributed by atoms with Crippen molar-refractivity contribution in [2.24, 2.45) is 0 Å². The Labute approximate surface area is 346 Å². The smallest absolute Gasteiger partial charge is 0.164 e. The summed E-state index contributed by atoms with van der Waals surface area (Å²) in [6.45, 7) is 0. The number of nitrogens with zero attached hydrogens (tertiary/aromatic N) is 3. The summed E-state index contributed by atoms with van der Waals surface area (Å²) in [6.07, 6.45) is 0. The van der Waals surface area contributed by atoms with Gasteiger partial charge in [-0.05, 0) is 73.5 Å². The molecule has 11 rings (SSSR count). The molecule has 2 heterocycles. The second-order valence-electron chi connectivity index (χ2n) is 14.8. The summed E-state index contributed by atoms with van der Waals surface area (Å²) in [6, 6.07) is 75.2. The Morgan fingerprint density at radius 1 is 0.237 bits per heavy atom. The van der Waals surface area contributed by atoms with Gasteiger partial charge in [0.05, 0.1) is 0 Å². The van der Waals surface area contributed by atoms with E-state index in [1.807, 2.05) is 29.5 Å². The zero-order valence-electron chi connectivity index (χ0n) is 32.0. The average molecular weight is 770 g/mol. The fourth-order valence-electron chi connectivity index (χ4n) is 8.24. The maximum Gasteiger partial charge on any atom is 0.164 e. The quantitative estimate of drug-likeness (QED) is 0.162. The maximum atomic E-state index is 5.16. The molecule has 0 fully saturated rings. The summed E-state index contributed by atoms with van der Waals surface area (Å²) in [5, 5.41) is 5.07. The van der Waals surface area contributed by atoms with Gasteiger partial charge in [-0.1, -0.05) is 194 Å². The van der Waals surface area contributed by atoms with Crippen LogP contribution >= 0.6 is 11.3 Å². The minimum absolute atomic E-state index is 0.628. The molecule has 59 heavy (non-hydrogen) atoms. The van der Waals surface area contributed by atoms with Crippen LogP contribution in [0.15, 0.2) is 212 Å².